The summed E-state index contributed by atoms with van der Waals surface area (Å²) >= 11 is 5.84. The van der Waals surface area contributed by atoms with Gasteiger partial charge in [0.2, 0.25) is 6.04 Å². The first-order valence-corrected chi connectivity index (χ1v) is 8.60. The molecule has 0 spiro atoms. The van der Waals surface area contributed by atoms with Crippen LogP contribution in [0, 0.1) is 10.1 Å². The summed E-state index contributed by atoms with van der Waals surface area (Å²) in [7, 11) is -3.64. The standard InChI is InChI=1S/C12H15ClN2O5S/c1-21(18,19)20-11-6-5-8(15(16)17)7-9(11)10-3-2-4-12(13)14-10/h2-4,8-9,11H,5-7H2,1H3/t8-,9?,11-/m0/s1. The third-order valence-corrected chi connectivity index (χ3v) is 4.28. The van der Waals surface area contributed by atoms with Crippen LogP contribution in [0.3, 0.4) is 0 Å². The Morgan fingerprint density at radius 1 is 1.43 bits per heavy atom. The molecule has 1 fully saturated rings. The molecule has 21 heavy (non-hydrogen) atoms. The summed E-state index contributed by atoms with van der Waals surface area (Å²) < 4.78 is 27.8. The van der Waals surface area contributed by atoms with E-state index in [0.717, 1.165) is 6.26 Å². The molecule has 1 aromatic heterocycles. The summed E-state index contributed by atoms with van der Waals surface area (Å²) in [6.07, 6.45) is 1.07. The zero-order valence-electron chi connectivity index (χ0n) is 11.3. The van der Waals surface area contributed by atoms with Gasteiger partial charge in [-0.3, -0.25) is 14.3 Å². The van der Waals surface area contributed by atoms with Gasteiger partial charge in [0.05, 0.1) is 12.4 Å². The number of hydrogen-bond donors (Lipinski definition) is 0. The first kappa shape index (κ1) is 16.1. The first-order chi connectivity index (χ1) is 9.76. The highest BCUT2D eigenvalue weighted by atomic mass is 35.5. The summed E-state index contributed by atoms with van der Waals surface area (Å²) in [5.74, 6) is -0.470. The van der Waals surface area contributed by atoms with E-state index in [0.29, 0.717) is 5.69 Å². The molecule has 0 bridgehead atoms. The molecule has 116 valence electrons. The fraction of sp³-hybridized carbons (Fsp3) is 0.583. The SMILES string of the molecule is CS(=O)(=O)O[C@H]1CC[C@H]([N+](=O)[O-])CC1c1cccc(Cl)n1. The zero-order valence-corrected chi connectivity index (χ0v) is 12.9. The van der Waals surface area contributed by atoms with E-state index in [-0.39, 0.29) is 29.3 Å². The van der Waals surface area contributed by atoms with Crippen molar-refractivity contribution >= 4 is 21.7 Å². The predicted molar refractivity (Wildman–Crippen MR) is 76.3 cm³/mol. The molecule has 0 saturated heterocycles. The van der Waals surface area contributed by atoms with Crippen LogP contribution in [0.25, 0.3) is 0 Å². The molecule has 1 aromatic rings. The number of nitrogens with zero attached hydrogens (tertiary/aromatic N) is 2. The fourth-order valence-electron chi connectivity index (χ4n) is 2.59. The molecule has 0 aliphatic heterocycles. The quantitative estimate of drug-likeness (QED) is 0.361. The maximum atomic E-state index is 11.4. The Kier molecular flexibility index (Phi) is 4.80. The second-order valence-corrected chi connectivity index (χ2v) is 7.07. The number of nitro groups is 1. The highest BCUT2D eigenvalue weighted by molar-refractivity contribution is 7.86. The van der Waals surface area contributed by atoms with Gasteiger partial charge in [-0.2, -0.15) is 8.42 Å². The number of rotatable bonds is 4. The van der Waals surface area contributed by atoms with Crippen molar-refractivity contribution in [3.05, 3.63) is 39.2 Å². The van der Waals surface area contributed by atoms with Crippen molar-refractivity contribution in [1.29, 1.82) is 0 Å². The van der Waals surface area contributed by atoms with Crippen molar-refractivity contribution in [2.75, 3.05) is 6.26 Å². The minimum absolute atomic E-state index is 0.181. The van der Waals surface area contributed by atoms with Crippen molar-refractivity contribution in [1.82, 2.24) is 4.98 Å². The van der Waals surface area contributed by atoms with Crippen molar-refractivity contribution in [3.8, 4) is 0 Å². The van der Waals surface area contributed by atoms with Crippen LogP contribution in [0.1, 0.15) is 30.9 Å². The smallest absolute Gasteiger partial charge is 0.264 e. The predicted octanol–water partition coefficient (Wildman–Crippen LogP) is 1.99. The second-order valence-electron chi connectivity index (χ2n) is 5.08. The summed E-state index contributed by atoms with van der Waals surface area (Å²) in [6.45, 7) is 0. The lowest BCUT2D eigenvalue weighted by Crippen LogP contribution is -2.37. The monoisotopic (exact) mass is 334 g/mol. The highest BCUT2D eigenvalue weighted by Crippen LogP contribution is 2.36. The Hall–Kier alpha value is -1.25. The summed E-state index contributed by atoms with van der Waals surface area (Å²) in [4.78, 5) is 14.8. The van der Waals surface area contributed by atoms with Crippen LogP contribution >= 0.6 is 11.6 Å². The highest BCUT2D eigenvalue weighted by Gasteiger charge is 2.40. The van der Waals surface area contributed by atoms with Crippen LogP contribution < -0.4 is 0 Å². The van der Waals surface area contributed by atoms with Gasteiger partial charge < -0.3 is 0 Å². The molecule has 3 atom stereocenters. The van der Waals surface area contributed by atoms with E-state index < -0.39 is 28.2 Å². The molecule has 1 saturated carbocycles. The molecule has 0 radical (unpaired) electrons. The normalized spacial score (nSPS) is 26.5. The van der Waals surface area contributed by atoms with Crippen LogP contribution in [-0.2, 0) is 14.3 Å². The van der Waals surface area contributed by atoms with E-state index in [4.69, 9.17) is 15.8 Å². The van der Waals surface area contributed by atoms with Gasteiger partial charge in [-0.05, 0) is 18.6 Å². The number of halogens is 1. The molecule has 2 rings (SSSR count). The van der Waals surface area contributed by atoms with Crippen LogP contribution in [0.2, 0.25) is 5.15 Å². The van der Waals surface area contributed by atoms with Gasteiger partial charge in [-0.25, -0.2) is 4.98 Å². The van der Waals surface area contributed by atoms with Gasteiger partial charge in [-0.15, -0.1) is 0 Å². The van der Waals surface area contributed by atoms with E-state index >= 15 is 0 Å². The lowest BCUT2D eigenvalue weighted by Gasteiger charge is -2.31. The maximum absolute atomic E-state index is 11.4. The van der Waals surface area contributed by atoms with Gasteiger partial charge in [0.1, 0.15) is 5.15 Å². The first-order valence-electron chi connectivity index (χ1n) is 6.40. The largest absolute Gasteiger partial charge is 0.266 e. The summed E-state index contributed by atoms with van der Waals surface area (Å²) in [5, 5.41) is 11.2. The lowest BCUT2D eigenvalue weighted by atomic mass is 9.81. The van der Waals surface area contributed by atoms with Crippen LogP contribution in [0.15, 0.2) is 18.2 Å². The van der Waals surface area contributed by atoms with E-state index in [1.807, 2.05) is 0 Å². The summed E-state index contributed by atoms with van der Waals surface area (Å²) in [5.41, 5.74) is 0.516. The Morgan fingerprint density at radius 3 is 2.71 bits per heavy atom. The number of pyridine rings is 1. The molecular weight excluding hydrogens is 320 g/mol. The third-order valence-electron chi connectivity index (χ3n) is 3.47. The van der Waals surface area contributed by atoms with Gasteiger partial charge in [0, 0.05) is 29.4 Å². The Balaban J connectivity index is 2.30. The Labute approximate surface area is 127 Å². The third kappa shape index (κ3) is 4.36. The van der Waals surface area contributed by atoms with Crippen LogP contribution in [-0.4, -0.2) is 36.7 Å². The Morgan fingerprint density at radius 2 is 2.14 bits per heavy atom. The van der Waals surface area contributed by atoms with Crippen molar-refractivity contribution in [2.45, 2.75) is 37.3 Å². The minimum atomic E-state index is -3.64. The minimum Gasteiger partial charge on any atom is -0.266 e. The molecular formula is C12H15ClN2O5S. The topological polar surface area (TPSA) is 99.4 Å². The average Bonchev–Trinajstić information content (AvgIpc) is 2.37. The second kappa shape index (κ2) is 6.25. The molecule has 7 nitrogen and oxygen atoms in total. The van der Waals surface area contributed by atoms with Gasteiger partial charge >= 0.3 is 0 Å². The van der Waals surface area contributed by atoms with Crippen LogP contribution in [0.5, 0.6) is 0 Å². The Bertz CT molecular complexity index is 636. The molecule has 1 aliphatic rings. The maximum Gasteiger partial charge on any atom is 0.264 e. The van der Waals surface area contributed by atoms with Crippen molar-refractivity contribution in [3.63, 3.8) is 0 Å². The molecule has 0 N–H and O–H groups in total. The van der Waals surface area contributed by atoms with E-state index in [9.17, 15) is 18.5 Å². The van der Waals surface area contributed by atoms with E-state index in [1.165, 1.54) is 0 Å². The van der Waals surface area contributed by atoms with Crippen molar-refractivity contribution in [2.24, 2.45) is 0 Å². The van der Waals surface area contributed by atoms with E-state index in [2.05, 4.69) is 4.98 Å². The summed E-state index contributed by atoms with van der Waals surface area (Å²) in [6, 6.07) is 4.22. The molecule has 1 aliphatic carbocycles. The molecule has 1 unspecified atom stereocenters. The average molecular weight is 335 g/mol. The lowest BCUT2D eigenvalue weighted by molar-refractivity contribution is -0.527. The number of aromatic nitrogens is 1. The molecule has 1 heterocycles. The number of hydrogen-bond acceptors (Lipinski definition) is 6. The van der Waals surface area contributed by atoms with Gasteiger partial charge in [-0.1, -0.05) is 17.7 Å². The van der Waals surface area contributed by atoms with Gasteiger partial charge in [0.25, 0.3) is 10.1 Å². The molecule has 0 amide bonds. The molecule has 9 heteroatoms. The van der Waals surface area contributed by atoms with Gasteiger partial charge in [0.15, 0.2) is 0 Å². The molecule has 0 aromatic carbocycles. The van der Waals surface area contributed by atoms with E-state index in [1.54, 1.807) is 18.2 Å². The zero-order chi connectivity index (χ0) is 15.6. The van der Waals surface area contributed by atoms with Crippen LogP contribution in [0.4, 0.5) is 0 Å². The fourth-order valence-corrected chi connectivity index (χ4v) is 3.44. The van der Waals surface area contributed by atoms with Crippen molar-refractivity contribution < 1.29 is 17.5 Å².